The fourth-order valence-electron chi connectivity index (χ4n) is 6.20. The second kappa shape index (κ2) is 10.2. The molecular weight excluding hydrogens is 502 g/mol. The second-order valence-corrected chi connectivity index (χ2v) is 11.4. The van der Waals surface area contributed by atoms with Crippen molar-refractivity contribution < 1.29 is 14.6 Å². The molecule has 1 saturated heterocycles. The number of nitrogens with zero attached hydrogens (tertiary/aromatic N) is 4. The number of pyridine rings is 1. The third-order valence-corrected chi connectivity index (χ3v) is 8.24. The summed E-state index contributed by atoms with van der Waals surface area (Å²) in [5, 5.41) is 14.3. The van der Waals surface area contributed by atoms with Crippen LogP contribution in [0.4, 0.5) is 0 Å². The van der Waals surface area contributed by atoms with E-state index in [1.807, 2.05) is 37.6 Å². The second-order valence-electron chi connectivity index (χ2n) is 11.4. The topological polar surface area (TPSA) is 92.5 Å². The van der Waals surface area contributed by atoms with E-state index in [1.54, 1.807) is 19.5 Å². The first kappa shape index (κ1) is 26.2. The molecule has 206 valence electrons. The minimum absolute atomic E-state index is 0.0270. The Morgan fingerprint density at radius 1 is 1.02 bits per heavy atom. The van der Waals surface area contributed by atoms with E-state index >= 15 is 0 Å². The lowest BCUT2D eigenvalue weighted by molar-refractivity contribution is -0.0316. The molecule has 0 bridgehead atoms. The summed E-state index contributed by atoms with van der Waals surface area (Å²) in [6.45, 7) is 7.03. The molecule has 8 heteroatoms. The van der Waals surface area contributed by atoms with Gasteiger partial charge < -0.3 is 19.7 Å². The minimum Gasteiger partial charge on any atom is -0.479 e. The zero-order valence-electron chi connectivity index (χ0n) is 23.3. The van der Waals surface area contributed by atoms with Crippen molar-refractivity contribution in [1.82, 2.24) is 24.8 Å². The van der Waals surface area contributed by atoms with Crippen LogP contribution < -0.4 is 10.1 Å². The number of fused-ring (bicyclic) bond motifs is 3. The zero-order chi connectivity index (χ0) is 28.0. The number of methoxy groups -OCH3 is 1. The van der Waals surface area contributed by atoms with Gasteiger partial charge in [0, 0.05) is 31.2 Å². The normalized spacial score (nSPS) is 19.2. The molecule has 2 aliphatic rings. The molecule has 4 aromatic rings. The Bertz CT molecular complexity index is 1510. The Balaban J connectivity index is 1.28. The van der Waals surface area contributed by atoms with Crippen molar-refractivity contribution in [2.75, 3.05) is 20.2 Å². The molecule has 8 nitrogen and oxygen atoms in total. The number of hydrogen-bond donors (Lipinski definition) is 2. The molecule has 2 unspecified atom stereocenters. The van der Waals surface area contributed by atoms with Crippen LogP contribution >= 0.6 is 0 Å². The largest absolute Gasteiger partial charge is 0.479 e. The molecule has 2 aromatic heterocycles. The molecule has 1 aliphatic heterocycles. The number of rotatable bonds is 6. The van der Waals surface area contributed by atoms with Crippen LogP contribution in [0.5, 0.6) is 5.88 Å². The molecule has 6 rings (SSSR count). The summed E-state index contributed by atoms with van der Waals surface area (Å²) in [5.41, 5.74) is 6.00. The molecule has 3 heterocycles. The van der Waals surface area contributed by atoms with Gasteiger partial charge in [-0.05, 0) is 61.6 Å². The van der Waals surface area contributed by atoms with Gasteiger partial charge in [0.05, 0.1) is 30.8 Å². The maximum atomic E-state index is 13.5. The van der Waals surface area contributed by atoms with Crippen LogP contribution in [0.15, 0.2) is 73.2 Å². The molecule has 1 amide bonds. The molecule has 1 fully saturated rings. The van der Waals surface area contributed by atoms with Crippen LogP contribution in [0.3, 0.4) is 0 Å². The first-order valence-corrected chi connectivity index (χ1v) is 13.7. The average molecular weight is 538 g/mol. The highest BCUT2D eigenvalue weighted by Crippen LogP contribution is 2.47. The molecular formula is C32H35N5O3. The summed E-state index contributed by atoms with van der Waals surface area (Å²) in [4.78, 5) is 24.7. The third-order valence-electron chi connectivity index (χ3n) is 8.24. The highest BCUT2D eigenvalue weighted by atomic mass is 16.5. The van der Waals surface area contributed by atoms with Crippen molar-refractivity contribution in [3.8, 4) is 22.7 Å². The van der Waals surface area contributed by atoms with Crippen molar-refractivity contribution in [2.24, 2.45) is 5.92 Å². The van der Waals surface area contributed by atoms with Gasteiger partial charge in [-0.2, -0.15) is 0 Å². The molecule has 2 aromatic carbocycles. The SMILES string of the molecule is COc1nc(C(=O)NC2CC(C(C)(C)O)CN(C3c4ccccc4-c4ccccc43)C2)ccc1-n1cnc(C)c1. The molecule has 0 radical (unpaired) electrons. The van der Waals surface area contributed by atoms with Gasteiger partial charge >= 0.3 is 0 Å². The highest BCUT2D eigenvalue weighted by Gasteiger charge is 2.41. The number of aliphatic hydroxyl groups is 1. The monoisotopic (exact) mass is 537 g/mol. The van der Waals surface area contributed by atoms with Crippen LogP contribution in [0.2, 0.25) is 0 Å². The zero-order valence-corrected chi connectivity index (χ0v) is 23.3. The van der Waals surface area contributed by atoms with Crippen LogP contribution in [-0.2, 0) is 0 Å². The molecule has 1 aliphatic carbocycles. The van der Waals surface area contributed by atoms with E-state index in [9.17, 15) is 9.90 Å². The number of benzene rings is 2. The number of nitrogens with one attached hydrogen (secondary N) is 1. The summed E-state index contributed by atoms with van der Waals surface area (Å²) in [7, 11) is 1.54. The van der Waals surface area contributed by atoms with Gasteiger partial charge in [-0.15, -0.1) is 0 Å². The lowest BCUT2D eigenvalue weighted by Gasteiger charge is -2.45. The first-order valence-electron chi connectivity index (χ1n) is 13.7. The van der Waals surface area contributed by atoms with Crippen molar-refractivity contribution in [3.63, 3.8) is 0 Å². The number of imidazole rings is 1. The molecule has 0 spiro atoms. The van der Waals surface area contributed by atoms with E-state index in [0.717, 1.165) is 12.2 Å². The van der Waals surface area contributed by atoms with Gasteiger partial charge in [-0.1, -0.05) is 48.5 Å². The smallest absolute Gasteiger partial charge is 0.270 e. The lowest BCUT2D eigenvalue weighted by Crippen LogP contribution is -2.55. The first-order chi connectivity index (χ1) is 19.2. The quantitative estimate of drug-likeness (QED) is 0.375. The Labute approximate surface area is 234 Å². The summed E-state index contributed by atoms with van der Waals surface area (Å²) in [5.74, 6) is 0.0601. The van der Waals surface area contributed by atoms with Crippen molar-refractivity contribution >= 4 is 5.91 Å². The van der Waals surface area contributed by atoms with Crippen LogP contribution in [0.1, 0.15) is 53.6 Å². The fraction of sp³-hybridized carbons (Fsp3) is 0.344. The number of likely N-dealkylation sites (tertiary alicyclic amines) is 1. The summed E-state index contributed by atoms with van der Waals surface area (Å²) in [6, 6.07) is 20.5. The average Bonchev–Trinajstić information content (AvgIpc) is 3.53. The molecule has 2 atom stereocenters. The Morgan fingerprint density at radius 3 is 2.30 bits per heavy atom. The number of ether oxygens (including phenoxy) is 1. The van der Waals surface area contributed by atoms with Crippen molar-refractivity contribution in [2.45, 2.75) is 44.9 Å². The van der Waals surface area contributed by atoms with Gasteiger partial charge in [-0.25, -0.2) is 9.97 Å². The Hall–Kier alpha value is -4.01. The van der Waals surface area contributed by atoms with E-state index in [4.69, 9.17) is 4.74 Å². The van der Waals surface area contributed by atoms with Gasteiger partial charge in [0.25, 0.3) is 5.91 Å². The van der Waals surface area contributed by atoms with Crippen molar-refractivity contribution in [1.29, 1.82) is 0 Å². The minimum atomic E-state index is -0.897. The number of carbonyl (C=O) groups excluding carboxylic acids is 1. The molecule has 40 heavy (non-hydrogen) atoms. The van der Waals surface area contributed by atoms with E-state index < -0.39 is 5.60 Å². The maximum absolute atomic E-state index is 13.5. The molecule has 0 saturated carbocycles. The predicted octanol–water partition coefficient (Wildman–Crippen LogP) is 4.55. The Morgan fingerprint density at radius 2 is 1.70 bits per heavy atom. The Kier molecular flexibility index (Phi) is 6.68. The van der Waals surface area contributed by atoms with Crippen LogP contribution in [0, 0.1) is 12.8 Å². The maximum Gasteiger partial charge on any atom is 0.270 e. The van der Waals surface area contributed by atoms with Crippen molar-refractivity contribution in [3.05, 3.63) is 95.7 Å². The van der Waals surface area contributed by atoms with Gasteiger partial charge in [0.15, 0.2) is 0 Å². The van der Waals surface area contributed by atoms with E-state index in [0.29, 0.717) is 24.5 Å². The number of piperidine rings is 1. The highest BCUT2D eigenvalue weighted by molar-refractivity contribution is 5.93. The standard InChI is InChI=1S/C32H35N5O3/c1-20-16-37(19-33-20)28-14-13-27(35-31(28)40-4)30(38)34-22-15-21(32(2,3)39)17-36(18-22)29-25-11-7-5-9-23(25)24-10-6-8-12-26(24)29/h5-14,16,19,21-22,29,39H,15,17-18H2,1-4H3,(H,34,38). The number of amides is 1. The van der Waals surface area contributed by atoms with E-state index in [-0.39, 0.29) is 29.6 Å². The summed E-state index contributed by atoms with van der Waals surface area (Å²) >= 11 is 0. The van der Waals surface area contributed by atoms with Crippen LogP contribution in [-0.4, -0.2) is 62.3 Å². The third kappa shape index (κ3) is 4.78. The number of hydrogen-bond acceptors (Lipinski definition) is 6. The van der Waals surface area contributed by atoms with Gasteiger partial charge in [-0.3, -0.25) is 9.69 Å². The van der Waals surface area contributed by atoms with Gasteiger partial charge in [0.1, 0.15) is 11.4 Å². The van der Waals surface area contributed by atoms with Crippen LogP contribution in [0.25, 0.3) is 16.8 Å². The number of carbonyl (C=O) groups is 1. The molecule has 2 N–H and O–H groups in total. The summed E-state index contributed by atoms with van der Waals surface area (Å²) in [6.07, 6.45) is 4.25. The summed E-state index contributed by atoms with van der Waals surface area (Å²) < 4.78 is 7.35. The fourth-order valence-corrected chi connectivity index (χ4v) is 6.20. The predicted molar refractivity (Wildman–Crippen MR) is 154 cm³/mol. The lowest BCUT2D eigenvalue weighted by atomic mass is 9.81. The number of aryl methyl sites for hydroxylation is 1. The number of aromatic nitrogens is 3. The van der Waals surface area contributed by atoms with E-state index in [1.165, 1.54) is 22.3 Å². The van der Waals surface area contributed by atoms with Gasteiger partial charge in [0.2, 0.25) is 5.88 Å². The van der Waals surface area contributed by atoms with E-state index in [2.05, 4.69) is 68.7 Å².